The van der Waals surface area contributed by atoms with Gasteiger partial charge in [-0.05, 0) is 24.6 Å². The Morgan fingerprint density at radius 1 is 1.33 bits per heavy atom. The van der Waals surface area contributed by atoms with Crippen molar-refractivity contribution in [3.63, 3.8) is 0 Å². The summed E-state index contributed by atoms with van der Waals surface area (Å²) in [7, 11) is 0. The molecule has 2 atom stereocenters. The average molecular weight is 377 g/mol. The summed E-state index contributed by atoms with van der Waals surface area (Å²) in [5, 5.41) is 6.58. The van der Waals surface area contributed by atoms with Crippen molar-refractivity contribution in [1.82, 2.24) is 10.6 Å². The number of morpholine rings is 1. The summed E-state index contributed by atoms with van der Waals surface area (Å²) in [6.45, 7) is 4.76. The van der Waals surface area contributed by atoms with Gasteiger partial charge in [-0.3, -0.25) is 4.79 Å². The highest BCUT2D eigenvalue weighted by atomic mass is 35.5. The predicted molar refractivity (Wildman–Crippen MR) is 93.4 cm³/mol. The summed E-state index contributed by atoms with van der Waals surface area (Å²) in [6.07, 6.45) is 0.679. The van der Waals surface area contributed by atoms with E-state index < -0.39 is 0 Å². The highest BCUT2D eigenvalue weighted by Crippen LogP contribution is 2.37. The number of carbonyl (C=O) groups is 1. The molecule has 0 bridgehead atoms. The fraction of sp³-hybridized carbons (Fsp3) is 0.562. The number of halogens is 2. The highest BCUT2D eigenvalue weighted by Gasteiger charge is 2.28. The molecule has 1 saturated heterocycles. The van der Waals surface area contributed by atoms with Crippen molar-refractivity contribution in [2.45, 2.75) is 32.0 Å². The lowest BCUT2D eigenvalue weighted by atomic mass is 10.1. The molecule has 0 aliphatic carbocycles. The lowest BCUT2D eigenvalue weighted by Crippen LogP contribution is -2.55. The third-order valence-electron chi connectivity index (χ3n) is 3.93. The van der Waals surface area contributed by atoms with Crippen LogP contribution in [0.2, 0.25) is 5.02 Å². The smallest absolute Gasteiger partial charge is 0.240 e. The zero-order chi connectivity index (χ0) is 16.2. The second-order valence-corrected chi connectivity index (χ2v) is 6.09. The summed E-state index contributed by atoms with van der Waals surface area (Å²) in [5.74, 6) is 1.13. The molecular weight excluding hydrogens is 355 g/mol. The molecule has 0 spiro atoms. The second-order valence-electron chi connectivity index (χ2n) is 5.68. The number of amides is 1. The number of ether oxygens (including phenoxy) is 3. The van der Waals surface area contributed by atoms with Crippen LogP contribution >= 0.6 is 24.0 Å². The van der Waals surface area contributed by atoms with E-state index in [2.05, 4.69) is 10.6 Å². The molecule has 1 aromatic carbocycles. The first-order valence-corrected chi connectivity index (χ1v) is 8.23. The quantitative estimate of drug-likeness (QED) is 0.843. The number of hydrogen-bond acceptors (Lipinski definition) is 5. The number of benzene rings is 1. The Kier molecular flexibility index (Phi) is 6.98. The lowest BCUT2D eigenvalue weighted by molar-refractivity contribution is -0.129. The Hall–Kier alpha value is -1.21. The third-order valence-corrected chi connectivity index (χ3v) is 4.21. The molecule has 0 saturated carbocycles. The van der Waals surface area contributed by atoms with Gasteiger partial charge in [-0.25, -0.2) is 0 Å². The first-order valence-electron chi connectivity index (χ1n) is 7.86. The molecule has 2 aliphatic heterocycles. The summed E-state index contributed by atoms with van der Waals surface area (Å²) in [6, 6.07) is 3.32. The molecule has 1 fully saturated rings. The second kappa shape index (κ2) is 8.76. The maximum atomic E-state index is 12.3. The van der Waals surface area contributed by atoms with Crippen LogP contribution in [-0.2, 0) is 16.1 Å². The Bertz CT molecular complexity index is 585. The summed E-state index contributed by atoms with van der Waals surface area (Å²) in [5.41, 5.74) is 0.872. The van der Waals surface area contributed by atoms with Crippen molar-refractivity contribution in [2.75, 3.05) is 26.4 Å². The van der Waals surface area contributed by atoms with Gasteiger partial charge in [0.2, 0.25) is 5.91 Å². The zero-order valence-corrected chi connectivity index (χ0v) is 15.0. The minimum Gasteiger partial charge on any atom is -0.489 e. The van der Waals surface area contributed by atoms with Crippen LogP contribution in [0, 0.1) is 0 Å². The molecule has 1 amide bonds. The van der Waals surface area contributed by atoms with Crippen molar-refractivity contribution in [2.24, 2.45) is 0 Å². The molecule has 2 aliphatic rings. The maximum Gasteiger partial charge on any atom is 0.240 e. The summed E-state index contributed by atoms with van der Waals surface area (Å²) < 4.78 is 16.7. The molecule has 0 radical (unpaired) electrons. The van der Waals surface area contributed by atoms with E-state index in [1.54, 1.807) is 6.07 Å². The van der Waals surface area contributed by atoms with Gasteiger partial charge in [0.05, 0.1) is 30.9 Å². The van der Waals surface area contributed by atoms with E-state index in [0.717, 1.165) is 12.0 Å². The number of fused-ring (bicyclic) bond motifs is 1. The van der Waals surface area contributed by atoms with Crippen LogP contribution in [0.4, 0.5) is 0 Å². The fourth-order valence-corrected chi connectivity index (χ4v) is 3.00. The van der Waals surface area contributed by atoms with Gasteiger partial charge in [0, 0.05) is 19.5 Å². The van der Waals surface area contributed by atoms with Crippen molar-refractivity contribution in [1.29, 1.82) is 0 Å². The van der Waals surface area contributed by atoms with Crippen molar-refractivity contribution in [3.8, 4) is 11.5 Å². The zero-order valence-electron chi connectivity index (χ0n) is 13.5. The Morgan fingerprint density at radius 3 is 2.92 bits per heavy atom. The minimum absolute atomic E-state index is 0. The fourth-order valence-electron chi connectivity index (χ4n) is 2.71. The van der Waals surface area contributed by atoms with Crippen LogP contribution in [0.15, 0.2) is 12.1 Å². The molecule has 134 valence electrons. The van der Waals surface area contributed by atoms with Crippen LogP contribution in [-0.4, -0.2) is 44.4 Å². The van der Waals surface area contributed by atoms with E-state index in [9.17, 15) is 4.79 Å². The van der Waals surface area contributed by atoms with E-state index in [4.69, 9.17) is 25.8 Å². The maximum absolute atomic E-state index is 12.3. The number of rotatable bonds is 3. The van der Waals surface area contributed by atoms with Gasteiger partial charge in [-0.15, -0.1) is 12.4 Å². The first kappa shape index (κ1) is 19.1. The van der Waals surface area contributed by atoms with E-state index in [-0.39, 0.29) is 30.5 Å². The van der Waals surface area contributed by atoms with Gasteiger partial charge in [-0.1, -0.05) is 11.6 Å². The monoisotopic (exact) mass is 376 g/mol. The Labute approximate surface area is 152 Å². The van der Waals surface area contributed by atoms with Crippen LogP contribution in [0.25, 0.3) is 0 Å². The van der Waals surface area contributed by atoms with E-state index in [1.807, 2.05) is 13.0 Å². The van der Waals surface area contributed by atoms with Gasteiger partial charge in [0.25, 0.3) is 0 Å². The van der Waals surface area contributed by atoms with E-state index in [1.165, 1.54) is 0 Å². The molecule has 2 heterocycles. The molecule has 24 heavy (non-hydrogen) atoms. The molecule has 8 heteroatoms. The molecule has 0 unspecified atom stereocenters. The van der Waals surface area contributed by atoms with Crippen LogP contribution in [0.1, 0.15) is 18.9 Å². The third kappa shape index (κ3) is 4.45. The van der Waals surface area contributed by atoms with E-state index >= 15 is 0 Å². The molecule has 2 N–H and O–H groups in total. The van der Waals surface area contributed by atoms with Gasteiger partial charge in [-0.2, -0.15) is 0 Å². The van der Waals surface area contributed by atoms with Gasteiger partial charge >= 0.3 is 0 Å². The normalized spacial score (nSPS) is 22.9. The van der Waals surface area contributed by atoms with Gasteiger partial charge < -0.3 is 24.8 Å². The molecule has 6 nitrogen and oxygen atoms in total. The average Bonchev–Trinajstić information content (AvgIpc) is 2.79. The molecule has 0 aromatic heterocycles. The first-order chi connectivity index (χ1) is 11.1. The largest absolute Gasteiger partial charge is 0.489 e. The molecular formula is C16H22Cl2N2O4. The standard InChI is InChI=1S/C16H21ClN2O4.ClH/c1-10-14(18-3-6-21-10)16(20)19-9-11-7-12(17)15-13(8-11)22-4-2-5-23-15;/h7-8,10,14,18H,2-6,9H2,1H3,(H,19,20);1H/t10-,14+;/m1./s1. The molecule has 3 rings (SSSR count). The van der Waals surface area contributed by atoms with Crippen molar-refractivity contribution < 1.29 is 19.0 Å². The minimum atomic E-state index is -0.334. The van der Waals surface area contributed by atoms with Gasteiger partial charge in [0.1, 0.15) is 6.04 Å². The van der Waals surface area contributed by atoms with Crippen molar-refractivity contribution >= 4 is 29.9 Å². The topological polar surface area (TPSA) is 68.8 Å². The van der Waals surface area contributed by atoms with Crippen LogP contribution in [0.3, 0.4) is 0 Å². The number of hydrogen-bond donors (Lipinski definition) is 2. The van der Waals surface area contributed by atoms with Crippen molar-refractivity contribution in [3.05, 3.63) is 22.7 Å². The summed E-state index contributed by atoms with van der Waals surface area (Å²) >= 11 is 6.26. The Balaban J connectivity index is 0.00000208. The lowest BCUT2D eigenvalue weighted by Gasteiger charge is -2.29. The number of nitrogens with one attached hydrogen (secondary N) is 2. The highest BCUT2D eigenvalue weighted by molar-refractivity contribution is 6.32. The predicted octanol–water partition coefficient (Wildman–Crippen LogP) is 1.92. The van der Waals surface area contributed by atoms with Crippen LogP contribution < -0.4 is 20.1 Å². The summed E-state index contributed by atoms with van der Waals surface area (Å²) in [4.78, 5) is 12.3. The van der Waals surface area contributed by atoms with Gasteiger partial charge in [0.15, 0.2) is 11.5 Å². The molecule has 1 aromatic rings. The Morgan fingerprint density at radius 2 is 2.12 bits per heavy atom. The van der Waals surface area contributed by atoms with Crippen LogP contribution in [0.5, 0.6) is 11.5 Å². The SMILES string of the molecule is C[C@H]1OCCN[C@@H]1C(=O)NCc1cc(Cl)c2c(c1)OCCCO2.Cl. The van der Waals surface area contributed by atoms with E-state index in [0.29, 0.717) is 49.4 Å². The number of carbonyl (C=O) groups excluding carboxylic acids is 1.